The van der Waals surface area contributed by atoms with E-state index in [4.69, 9.17) is 4.74 Å². The van der Waals surface area contributed by atoms with Crippen LogP contribution in [-0.4, -0.2) is 40.7 Å². The summed E-state index contributed by atoms with van der Waals surface area (Å²) >= 11 is 0. The van der Waals surface area contributed by atoms with Crippen LogP contribution < -0.4 is 5.32 Å². The lowest BCUT2D eigenvalue weighted by atomic mass is 10.1. The molecule has 0 aliphatic carbocycles. The second-order valence-corrected chi connectivity index (χ2v) is 4.77. The summed E-state index contributed by atoms with van der Waals surface area (Å²) in [4.78, 5) is 11.9. The van der Waals surface area contributed by atoms with Gasteiger partial charge in [0.25, 0.3) is 0 Å². The minimum atomic E-state index is -0.0393. The van der Waals surface area contributed by atoms with Crippen LogP contribution >= 0.6 is 0 Å². The van der Waals surface area contributed by atoms with E-state index in [2.05, 4.69) is 15.6 Å². The van der Waals surface area contributed by atoms with Crippen LogP contribution in [0.4, 0.5) is 0 Å². The number of aromatic nitrogens is 3. The molecule has 6 nitrogen and oxygen atoms in total. The molecule has 1 fully saturated rings. The van der Waals surface area contributed by atoms with Crippen LogP contribution in [0.25, 0.3) is 11.0 Å². The fourth-order valence-electron chi connectivity index (χ4n) is 2.23. The van der Waals surface area contributed by atoms with E-state index in [1.165, 1.54) is 0 Å². The fraction of sp³-hybridized carbons (Fsp3) is 0.462. The number of carbonyl (C=O) groups excluding carboxylic acids is 1. The fourth-order valence-corrected chi connectivity index (χ4v) is 2.23. The summed E-state index contributed by atoms with van der Waals surface area (Å²) in [5.41, 5.74) is 1.68. The van der Waals surface area contributed by atoms with Gasteiger partial charge in [-0.3, -0.25) is 4.79 Å². The van der Waals surface area contributed by atoms with Crippen molar-refractivity contribution in [1.82, 2.24) is 20.3 Å². The predicted molar refractivity (Wildman–Crippen MR) is 69.5 cm³/mol. The van der Waals surface area contributed by atoms with E-state index < -0.39 is 0 Å². The van der Waals surface area contributed by atoms with Crippen LogP contribution in [0.3, 0.4) is 0 Å². The molecule has 2 aromatic rings. The molecule has 0 spiro atoms. The predicted octanol–water partition coefficient (Wildman–Crippen LogP) is 0.584. The van der Waals surface area contributed by atoms with Crippen LogP contribution in [0, 0.1) is 5.92 Å². The topological polar surface area (TPSA) is 69.0 Å². The van der Waals surface area contributed by atoms with Crippen molar-refractivity contribution in [3.63, 3.8) is 0 Å². The zero-order chi connectivity index (χ0) is 13.1. The molecule has 100 valence electrons. The quantitative estimate of drug-likeness (QED) is 0.873. The van der Waals surface area contributed by atoms with Gasteiger partial charge < -0.3 is 10.1 Å². The Bertz CT molecular complexity index is 575. The summed E-state index contributed by atoms with van der Waals surface area (Å²) < 4.78 is 6.89. The smallest absolute Gasteiger partial charge is 0.241 e. The van der Waals surface area contributed by atoms with Gasteiger partial charge in [0, 0.05) is 19.1 Å². The van der Waals surface area contributed by atoms with E-state index in [0.717, 1.165) is 30.7 Å². The Morgan fingerprint density at radius 2 is 2.37 bits per heavy atom. The van der Waals surface area contributed by atoms with Crippen LogP contribution in [0.15, 0.2) is 24.3 Å². The Hall–Kier alpha value is -1.95. The third-order valence-electron chi connectivity index (χ3n) is 3.33. The molecule has 1 aromatic carbocycles. The zero-order valence-corrected chi connectivity index (χ0v) is 10.6. The zero-order valence-electron chi connectivity index (χ0n) is 10.6. The van der Waals surface area contributed by atoms with E-state index in [-0.39, 0.29) is 12.5 Å². The number of benzene rings is 1. The molecule has 1 aliphatic rings. The van der Waals surface area contributed by atoms with Crippen molar-refractivity contribution in [2.45, 2.75) is 13.0 Å². The molecular formula is C13H16N4O2. The number of ether oxygens (including phenoxy) is 1. The molecule has 1 unspecified atom stereocenters. The van der Waals surface area contributed by atoms with Gasteiger partial charge in [-0.1, -0.05) is 17.3 Å². The third kappa shape index (κ3) is 2.73. The van der Waals surface area contributed by atoms with Gasteiger partial charge in [-0.05, 0) is 18.6 Å². The molecule has 1 amide bonds. The lowest BCUT2D eigenvalue weighted by molar-refractivity contribution is -0.122. The lowest BCUT2D eigenvalue weighted by Crippen LogP contribution is -2.32. The molecule has 1 N–H and O–H groups in total. The molecule has 0 radical (unpaired) electrons. The molecule has 19 heavy (non-hydrogen) atoms. The minimum Gasteiger partial charge on any atom is -0.381 e. The first kappa shape index (κ1) is 12.1. The van der Waals surface area contributed by atoms with Gasteiger partial charge in [-0.25, -0.2) is 4.68 Å². The van der Waals surface area contributed by atoms with Crippen molar-refractivity contribution in [2.24, 2.45) is 5.92 Å². The highest BCUT2D eigenvalue weighted by molar-refractivity contribution is 5.79. The molecule has 1 saturated heterocycles. The number of para-hydroxylation sites is 1. The SMILES string of the molecule is O=C(Cn1nnc2ccccc21)NCC1CCOC1. The maximum Gasteiger partial charge on any atom is 0.241 e. The average Bonchev–Trinajstić information content (AvgIpc) is 3.07. The van der Waals surface area contributed by atoms with Crippen molar-refractivity contribution in [1.29, 1.82) is 0 Å². The molecule has 2 heterocycles. The standard InChI is InChI=1S/C13H16N4O2/c18-13(14-7-10-5-6-19-9-10)8-17-12-4-2-1-3-11(12)15-16-17/h1-4,10H,5-9H2,(H,14,18). The van der Waals surface area contributed by atoms with E-state index >= 15 is 0 Å². The van der Waals surface area contributed by atoms with Gasteiger partial charge in [0.1, 0.15) is 12.1 Å². The van der Waals surface area contributed by atoms with E-state index in [9.17, 15) is 4.79 Å². The number of hydrogen-bond donors (Lipinski definition) is 1. The number of rotatable bonds is 4. The van der Waals surface area contributed by atoms with Crippen molar-refractivity contribution in [3.8, 4) is 0 Å². The summed E-state index contributed by atoms with van der Waals surface area (Å²) in [6.07, 6.45) is 1.02. The van der Waals surface area contributed by atoms with Crippen molar-refractivity contribution >= 4 is 16.9 Å². The Labute approximate surface area is 110 Å². The Balaban J connectivity index is 1.59. The Morgan fingerprint density at radius 3 is 3.21 bits per heavy atom. The molecule has 0 bridgehead atoms. The first-order chi connectivity index (χ1) is 9.33. The minimum absolute atomic E-state index is 0.0393. The maximum atomic E-state index is 11.9. The van der Waals surface area contributed by atoms with Gasteiger partial charge in [-0.15, -0.1) is 5.10 Å². The van der Waals surface area contributed by atoms with Gasteiger partial charge in [-0.2, -0.15) is 0 Å². The van der Waals surface area contributed by atoms with Gasteiger partial charge in [0.15, 0.2) is 0 Å². The van der Waals surface area contributed by atoms with Crippen LogP contribution in [0.5, 0.6) is 0 Å². The van der Waals surface area contributed by atoms with Gasteiger partial charge in [0.05, 0.1) is 12.1 Å². The van der Waals surface area contributed by atoms with Crippen molar-refractivity contribution in [2.75, 3.05) is 19.8 Å². The monoisotopic (exact) mass is 260 g/mol. The van der Waals surface area contributed by atoms with Crippen LogP contribution in [-0.2, 0) is 16.1 Å². The van der Waals surface area contributed by atoms with Crippen molar-refractivity contribution in [3.05, 3.63) is 24.3 Å². The molecule has 1 aliphatic heterocycles. The summed E-state index contributed by atoms with van der Waals surface area (Å²) in [5, 5.41) is 10.9. The highest BCUT2D eigenvalue weighted by atomic mass is 16.5. The summed E-state index contributed by atoms with van der Waals surface area (Å²) in [5.74, 6) is 0.402. The van der Waals surface area contributed by atoms with Crippen molar-refractivity contribution < 1.29 is 9.53 Å². The number of amides is 1. The van der Waals surface area contributed by atoms with Gasteiger partial charge >= 0.3 is 0 Å². The molecule has 3 rings (SSSR count). The highest BCUT2D eigenvalue weighted by Crippen LogP contribution is 2.11. The highest BCUT2D eigenvalue weighted by Gasteiger charge is 2.16. The second kappa shape index (κ2) is 5.36. The summed E-state index contributed by atoms with van der Waals surface area (Å²) in [6.45, 7) is 2.42. The molecule has 1 aromatic heterocycles. The van der Waals surface area contributed by atoms with Crippen LogP contribution in [0.1, 0.15) is 6.42 Å². The first-order valence-electron chi connectivity index (χ1n) is 6.45. The summed E-state index contributed by atoms with van der Waals surface area (Å²) in [6, 6.07) is 7.61. The first-order valence-corrected chi connectivity index (χ1v) is 6.45. The number of hydrogen-bond acceptors (Lipinski definition) is 4. The van der Waals surface area contributed by atoms with Crippen LogP contribution in [0.2, 0.25) is 0 Å². The maximum absolute atomic E-state index is 11.9. The summed E-state index contributed by atoms with van der Waals surface area (Å²) in [7, 11) is 0. The number of carbonyl (C=O) groups is 1. The Kier molecular flexibility index (Phi) is 3.41. The van der Waals surface area contributed by atoms with E-state index in [1.807, 2.05) is 24.3 Å². The lowest BCUT2D eigenvalue weighted by Gasteiger charge is -2.09. The van der Waals surface area contributed by atoms with E-state index in [0.29, 0.717) is 12.5 Å². The second-order valence-electron chi connectivity index (χ2n) is 4.77. The molecule has 0 saturated carbocycles. The molecule has 1 atom stereocenters. The average molecular weight is 260 g/mol. The molecular weight excluding hydrogens is 244 g/mol. The normalized spacial score (nSPS) is 18.8. The molecule has 6 heteroatoms. The largest absolute Gasteiger partial charge is 0.381 e. The van der Waals surface area contributed by atoms with E-state index in [1.54, 1.807) is 4.68 Å². The number of nitrogens with one attached hydrogen (secondary N) is 1. The van der Waals surface area contributed by atoms with Gasteiger partial charge in [0.2, 0.25) is 5.91 Å². The third-order valence-corrected chi connectivity index (χ3v) is 3.33. The number of fused-ring (bicyclic) bond motifs is 1. The Morgan fingerprint density at radius 1 is 1.47 bits per heavy atom. The number of nitrogens with zero attached hydrogens (tertiary/aromatic N) is 3.